The van der Waals surface area contributed by atoms with Crippen molar-refractivity contribution in [3.05, 3.63) is 35.4 Å². The second-order valence-corrected chi connectivity index (χ2v) is 6.29. The molecule has 1 fully saturated rings. The molecule has 1 heterocycles. The minimum Gasteiger partial charge on any atom is -0.465 e. The van der Waals surface area contributed by atoms with Crippen LogP contribution in [0.25, 0.3) is 0 Å². The van der Waals surface area contributed by atoms with Crippen molar-refractivity contribution in [3.8, 4) is 0 Å². The SMILES string of the molecule is COC(=O)c1ccc(CNC(=O)[C@H](C)N2C[C@H](C)O[C@@H](C)C2)cc1. The van der Waals surface area contributed by atoms with Crippen LogP contribution in [0.3, 0.4) is 0 Å². The number of carbonyl (C=O) groups excluding carboxylic acids is 2. The Balaban J connectivity index is 1.87. The zero-order valence-electron chi connectivity index (χ0n) is 14.7. The van der Waals surface area contributed by atoms with Crippen molar-refractivity contribution in [2.24, 2.45) is 0 Å². The maximum Gasteiger partial charge on any atom is 0.337 e. The third kappa shape index (κ3) is 4.79. The van der Waals surface area contributed by atoms with Crippen LogP contribution in [0.5, 0.6) is 0 Å². The van der Waals surface area contributed by atoms with Gasteiger partial charge in [0.25, 0.3) is 0 Å². The molecule has 0 aliphatic carbocycles. The number of hydrogen-bond acceptors (Lipinski definition) is 5. The average molecular weight is 334 g/mol. The van der Waals surface area contributed by atoms with Crippen LogP contribution >= 0.6 is 0 Å². The number of nitrogens with zero attached hydrogens (tertiary/aromatic N) is 1. The van der Waals surface area contributed by atoms with Gasteiger partial charge < -0.3 is 14.8 Å². The number of methoxy groups -OCH3 is 1. The summed E-state index contributed by atoms with van der Waals surface area (Å²) >= 11 is 0. The van der Waals surface area contributed by atoms with Crippen molar-refractivity contribution >= 4 is 11.9 Å². The van der Waals surface area contributed by atoms with E-state index in [2.05, 4.69) is 15.0 Å². The van der Waals surface area contributed by atoms with Crippen LogP contribution in [-0.4, -0.2) is 55.2 Å². The van der Waals surface area contributed by atoms with Gasteiger partial charge in [-0.15, -0.1) is 0 Å². The number of ether oxygens (including phenoxy) is 2. The quantitative estimate of drug-likeness (QED) is 0.828. The Kier molecular flexibility index (Phi) is 6.34. The van der Waals surface area contributed by atoms with Crippen LogP contribution in [-0.2, 0) is 20.8 Å². The Morgan fingerprint density at radius 3 is 2.38 bits per heavy atom. The summed E-state index contributed by atoms with van der Waals surface area (Å²) in [7, 11) is 1.35. The first-order chi connectivity index (χ1) is 11.4. The van der Waals surface area contributed by atoms with Gasteiger partial charge in [-0.2, -0.15) is 0 Å². The highest BCUT2D eigenvalue weighted by molar-refractivity contribution is 5.89. The Morgan fingerprint density at radius 1 is 1.25 bits per heavy atom. The molecule has 0 aromatic heterocycles. The largest absolute Gasteiger partial charge is 0.465 e. The lowest BCUT2D eigenvalue weighted by molar-refractivity contribution is -0.131. The van der Waals surface area contributed by atoms with Gasteiger partial charge >= 0.3 is 5.97 Å². The van der Waals surface area contributed by atoms with Crippen molar-refractivity contribution in [2.75, 3.05) is 20.2 Å². The van der Waals surface area contributed by atoms with Crippen LogP contribution in [0.15, 0.2) is 24.3 Å². The molecule has 3 atom stereocenters. The summed E-state index contributed by atoms with van der Waals surface area (Å²) in [6.45, 7) is 7.91. The first kappa shape index (κ1) is 18.4. The molecule has 6 nitrogen and oxygen atoms in total. The summed E-state index contributed by atoms with van der Waals surface area (Å²) in [6.07, 6.45) is 0.268. The van der Waals surface area contributed by atoms with E-state index in [4.69, 9.17) is 4.74 Å². The van der Waals surface area contributed by atoms with Gasteiger partial charge in [0.15, 0.2) is 0 Å². The van der Waals surface area contributed by atoms with Gasteiger partial charge in [0, 0.05) is 19.6 Å². The summed E-state index contributed by atoms with van der Waals surface area (Å²) < 4.78 is 10.4. The van der Waals surface area contributed by atoms with Gasteiger partial charge in [-0.25, -0.2) is 4.79 Å². The van der Waals surface area contributed by atoms with E-state index in [9.17, 15) is 9.59 Å². The molecule has 6 heteroatoms. The Hall–Kier alpha value is -1.92. The molecule has 1 aliphatic heterocycles. The zero-order chi connectivity index (χ0) is 17.7. The molecular weight excluding hydrogens is 308 g/mol. The lowest BCUT2D eigenvalue weighted by Gasteiger charge is -2.38. The molecule has 0 bridgehead atoms. The third-order valence-electron chi connectivity index (χ3n) is 4.22. The highest BCUT2D eigenvalue weighted by Crippen LogP contribution is 2.14. The monoisotopic (exact) mass is 334 g/mol. The molecule has 24 heavy (non-hydrogen) atoms. The van der Waals surface area contributed by atoms with Crippen LogP contribution in [0.1, 0.15) is 36.7 Å². The highest BCUT2D eigenvalue weighted by Gasteiger charge is 2.29. The van der Waals surface area contributed by atoms with Gasteiger partial charge in [0.2, 0.25) is 5.91 Å². The van der Waals surface area contributed by atoms with E-state index >= 15 is 0 Å². The van der Waals surface area contributed by atoms with Gasteiger partial charge in [-0.05, 0) is 38.5 Å². The molecule has 1 N–H and O–H groups in total. The topological polar surface area (TPSA) is 67.9 Å². The van der Waals surface area contributed by atoms with Crippen molar-refractivity contribution in [3.63, 3.8) is 0 Å². The first-order valence-corrected chi connectivity index (χ1v) is 8.25. The van der Waals surface area contributed by atoms with E-state index in [0.29, 0.717) is 12.1 Å². The Morgan fingerprint density at radius 2 is 1.83 bits per heavy atom. The fraction of sp³-hybridized carbons (Fsp3) is 0.556. The molecular formula is C18H26N2O4. The predicted octanol–water partition coefficient (Wildman–Crippen LogP) is 1.59. The van der Waals surface area contributed by atoms with Crippen molar-refractivity contribution < 1.29 is 19.1 Å². The van der Waals surface area contributed by atoms with Crippen molar-refractivity contribution in [1.82, 2.24) is 10.2 Å². The molecule has 0 saturated carbocycles. The second-order valence-electron chi connectivity index (χ2n) is 6.29. The molecule has 0 unspecified atom stereocenters. The fourth-order valence-corrected chi connectivity index (χ4v) is 2.91. The van der Waals surface area contributed by atoms with E-state index in [1.54, 1.807) is 12.1 Å². The number of morpholine rings is 1. The minimum atomic E-state index is -0.366. The normalized spacial score (nSPS) is 22.7. The number of benzene rings is 1. The molecule has 0 spiro atoms. The van der Waals surface area contributed by atoms with E-state index in [-0.39, 0.29) is 30.1 Å². The van der Waals surface area contributed by atoms with Crippen LogP contribution < -0.4 is 5.32 Å². The average Bonchev–Trinajstić information content (AvgIpc) is 2.57. The predicted molar refractivity (Wildman–Crippen MR) is 90.7 cm³/mol. The number of hydrogen-bond donors (Lipinski definition) is 1. The lowest BCUT2D eigenvalue weighted by atomic mass is 10.1. The number of nitrogens with one attached hydrogen (secondary N) is 1. The summed E-state index contributed by atoms with van der Waals surface area (Å²) in [5.74, 6) is -0.372. The van der Waals surface area contributed by atoms with Crippen LogP contribution in [0.2, 0.25) is 0 Å². The van der Waals surface area contributed by atoms with Gasteiger partial charge in [0.05, 0.1) is 30.9 Å². The number of esters is 1. The smallest absolute Gasteiger partial charge is 0.337 e. The first-order valence-electron chi connectivity index (χ1n) is 8.25. The van der Waals surface area contributed by atoms with Crippen molar-refractivity contribution in [2.45, 2.75) is 45.6 Å². The van der Waals surface area contributed by atoms with Gasteiger partial charge in [-0.1, -0.05) is 12.1 Å². The molecule has 1 aromatic carbocycles. The van der Waals surface area contributed by atoms with E-state index in [1.165, 1.54) is 7.11 Å². The number of carbonyl (C=O) groups is 2. The van der Waals surface area contributed by atoms with E-state index in [0.717, 1.165) is 18.7 Å². The zero-order valence-corrected chi connectivity index (χ0v) is 14.7. The highest BCUT2D eigenvalue weighted by atomic mass is 16.5. The second kappa shape index (κ2) is 8.26. The van der Waals surface area contributed by atoms with Crippen molar-refractivity contribution in [1.29, 1.82) is 0 Å². The Bertz CT molecular complexity index is 563. The van der Waals surface area contributed by atoms with Crippen LogP contribution in [0, 0.1) is 0 Å². The van der Waals surface area contributed by atoms with Gasteiger partial charge in [0.1, 0.15) is 0 Å². The minimum absolute atomic E-state index is 0.00616. The maximum atomic E-state index is 12.4. The van der Waals surface area contributed by atoms with E-state index < -0.39 is 0 Å². The molecule has 1 saturated heterocycles. The number of rotatable bonds is 5. The molecule has 2 rings (SSSR count). The lowest BCUT2D eigenvalue weighted by Crippen LogP contribution is -2.53. The van der Waals surface area contributed by atoms with Crippen LogP contribution in [0.4, 0.5) is 0 Å². The molecule has 1 amide bonds. The standard InChI is InChI=1S/C18H26N2O4/c1-12-10-20(11-13(2)24-12)14(3)17(21)19-9-15-5-7-16(8-6-15)18(22)23-4/h5-8,12-14H,9-11H2,1-4H3,(H,19,21)/t12-,13-,14-/m0/s1. The molecule has 1 aromatic rings. The molecule has 1 aliphatic rings. The maximum absolute atomic E-state index is 12.4. The number of amides is 1. The third-order valence-corrected chi connectivity index (χ3v) is 4.22. The molecule has 132 valence electrons. The van der Waals surface area contributed by atoms with Gasteiger partial charge in [-0.3, -0.25) is 9.69 Å². The summed E-state index contributed by atoms with van der Waals surface area (Å²) in [5.41, 5.74) is 1.43. The van der Waals surface area contributed by atoms with E-state index in [1.807, 2.05) is 32.9 Å². The summed E-state index contributed by atoms with van der Waals surface area (Å²) in [4.78, 5) is 25.9. The summed E-state index contributed by atoms with van der Waals surface area (Å²) in [5, 5.41) is 2.95. The molecule has 0 radical (unpaired) electrons. The summed E-state index contributed by atoms with van der Waals surface area (Å²) in [6, 6.07) is 6.82. The Labute approximate surface area is 143 Å². The fourth-order valence-electron chi connectivity index (χ4n) is 2.91.